The van der Waals surface area contributed by atoms with Crippen LogP contribution in [0.2, 0.25) is 0 Å². The summed E-state index contributed by atoms with van der Waals surface area (Å²) in [5, 5.41) is 11.7. The molecule has 1 aliphatic heterocycles. The SMILES string of the molecule is Nc1nc2c(C(=O)N[C@H]3CCOC3)cc(-c3cnn(Cc4ccccc4)c3)cn2n1. The average molecular weight is 403 g/mol. The summed E-state index contributed by atoms with van der Waals surface area (Å²) in [4.78, 5) is 17.2. The number of fused-ring (bicyclic) bond motifs is 1. The lowest BCUT2D eigenvalue weighted by molar-refractivity contribution is 0.0931. The standard InChI is InChI=1S/C21H21N7O2/c22-21-25-19-18(20(29)24-17-6-7-30-13-17)8-15(12-28(19)26-21)16-9-23-27(11-16)10-14-4-2-1-3-5-14/h1-5,8-9,11-12,17H,6-7,10,13H2,(H2,22,26)(H,24,29)/t17-/m0/s1. The number of benzene rings is 1. The maximum absolute atomic E-state index is 12.9. The van der Waals surface area contributed by atoms with Gasteiger partial charge < -0.3 is 15.8 Å². The maximum Gasteiger partial charge on any atom is 0.255 e. The summed E-state index contributed by atoms with van der Waals surface area (Å²) in [6.07, 6.45) is 6.32. The Bertz CT molecular complexity index is 1190. The third-order valence-electron chi connectivity index (χ3n) is 5.11. The molecular formula is C21H21N7O2. The summed E-state index contributed by atoms with van der Waals surface area (Å²) in [7, 11) is 0. The molecule has 0 saturated carbocycles. The van der Waals surface area contributed by atoms with E-state index in [2.05, 4.69) is 32.6 Å². The molecule has 9 nitrogen and oxygen atoms in total. The lowest BCUT2D eigenvalue weighted by Gasteiger charge is -2.12. The van der Waals surface area contributed by atoms with Gasteiger partial charge in [-0.15, -0.1) is 5.10 Å². The minimum atomic E-state index is -0.221. The van der Waals surface area contributed by atoms with Crippen LogP contribution in [0, 0.1) is 0 Å². The number of nitrogens with zero attached hydrogens (tertiary/aromatic N) is 5. The Kier molecular flexibility index (Phi) is 4.64. The van der Waals surface area contributed by atoms with Crippen molar-refractivity contribution in [1.29, 1.82) is 0 Å². The number of nitrogens with two attached hydrogens (primary N) is 1. The zero-order valence-electron chi connectivity index (χ0n) is 16.2. The van der Waals surface area contributed by atoms with E-state index in [1.54, 1.807) is 23.0 Å². The molecule has 1 aromatic carbocycles. The fraction of sp³-hybridized carbons (Fsp3) is 0.238. The van der Waals surface area contributed by atoms with Gasteiger partial charge >= 0.3 is 0 Å². The van der Waals surface area contributed by atoms with Crippen molar-refractivity contribution < 1.29 is 9.53 Å². The van der Waals surface area contributed by atoms with E-state index in [0.717, 1.165) is 23.1 Å². The smallest absolute Gasteiger partial charge is 0.255 e. The van der Waals surface area contributed by atoms with Gasteiger partial charge in [0.1, 0.15) is 0 Å². The molecule has 5 rings (SSSR count). The third kappa shape index (κ3) is 3.62. The number of hydrogen-bond acceptors (Lipinski definition) is 6. The molecule has 3 aromatic heterocycles. The quantitative estimate of drug-likeness (QED) is 0.525. The molecule has 1 aliphatic rings. The molecule has 1 amide bonds. The molecule has 1 fully saturated rings. The first-order chi connectivity index (χ1) is 14.7. The largest absolute Gasteiger partial charge is 0.379 e. The molecule has 30 heavy (non-hydrogen) atoms. The summed E-state index contributed by atoms with van der Waals surface area (Å²) in [6.45, 7) is 1.83. The Morgan fingerprint density at radius 2 is 2.10 bits per heavy atom. The zero-order chi connectivity index (χ0) is 20.5. The van der Waals surface area contributed by atoms with Crippen LogP contribution in [-0.2, 0) is 11.3 Å². The van der Waals surface area contributed by atoms with Gasteiger partial charge in [0.2, 0.25) is 5.95 Å². The number of aromatic nitrogens is 5. The fourth-order valence-corrected chi connectivity index (χ4v) is 3.61. The van der Waals surface area contributed by atoms with Crippen LogP contribution in [0.15, 0.2) is 55.0 Å². The van der Waals surface area contributed by atoms with Crippen molar-refractivity contribution in [2.24, 2.45) is 0 Å². The number of carbonyl (C=O) groups excluding carboxylic acids is 1. The summed E-state index contributed by atoms with van der Waals surface area (Å²) in [6, 6.07) is 11.9. The predicted molar refractivity (Wildman–Crippen MR) is 111 cm³/mol. The van der Waals surface area contributed by atoms with Crippen LogP contribution in [0.3, 0.4) is 0 Å². The number of nitrogens with one attached hydrogen (secondary N) is 1. The highest BCUT2D eigenvalue weighted by atomic mass is 16.5. The lowest BCUT2D eigenvalue weighted by atomic mass is 10.1. The van der Waals surface area contributed by atoms with Gasteiger partial charge in [0.05, 0.1) is 31.0 Å². The highest BCUT2D eigenvalue weighted by Gasteiger charge is 2.22. The van der Waals surface area contributed by atoms with Crippen molar-refractivity contribution >= 4 is 17.5 Å². The van der Waals surface area contributed by atoms with Crippen molar-refractivity contribution in [1.82, 2.24) is 29.7 Å². The van der Waals surface area contributed by atoms with E-state index < -0.39 is 0 Å². The average Bonchev–Trinajstić information content (AvgIpc) is 3.48. The first kappa shape index (κ1) is 18.3. The number of carbonyl (C=O) groups is 1. The Labute approximate surface area is 172 Å². The van der Waals surface area contributed by atoms with Crippen LogP contribution in [0.4, 0.5) is 5.95 Å². The maximum atomic E-state index is 12.9. The minimum absolute atomic E-state index is 0.00454. The van der Waals surface area contributed by atoms with Gasteiger partial charge in [-0.2, -0.15) is 10.1 Å². The van der Waals surface area contributed by atoms with E-state index >= 15 is 0 Å². The van der Waals surface area contributed by atoms with E-state index in [1.807, 2.05) is 29.1 Å². The van der Waals surface area contributed by atoms with Gasteiger partial charge in [-0.25, -0.2) is 4.52 Å². The molecule has 0 bridgehead atoms. The molecule has 0 radical (unpaired) electrons. The molecule has 0 unspecified atom stereocenters. The number of anilines is 1. The molecule has 4 heterocycles. The van der Waals surface area contributed by atoms with Crippen molar-refractivity contribution in [3.05, 3.63) is 66.1 Å². The Balaban J connectivity index is 1.48. The van der Waals surface area contributed by atoms with Crippen LogP contribution < -0.4 is 11.1 Å². The van der Waals surface area contributed by atoms with E-state index in [0.29, 0.717) is 31.0 Å². The Morgan fingerprint density at radius 3 is 2.90 bits per heavy atom. The molecule has 0 aliphatic carbocycles. The molecule has 152 valence electrons. The molecule has 1 atom stereocenters. The summed E-state index contributed by atoms with van der Waals surface area (Å²) in [5.74, 6) is -0.105. The summed E-state index contributed by atoms with van der Waals surface area (Å²) < 4.78 is 8.75. The second-order valence-electron chi connectivity index (χ2n) is 7.33. The van der Waals surface area contributed by atoms with E-state index in [4.69, 9.17) is 10.5 Å². The fourth-order valence-electron chi connectivity index (χ4n) is 3.61. The van der Waals surface area contributed by atoms with E-state index in [-0.39, 0.29) is 17.9 Å². The lowest BCUT2D eigenvalue weighted by Crippen LogP contribution is -2.35. The van der Waals surface area contributed by atoms with E-state index in [1.165, 1.54) is 0 Å². The predicted octanol–water partition coefficient (Wildman–Crippen LogP) is 1.74. The van der Waals surface area contributed by atoms with Crippen LogP contribution in [-0.4, -0.2) is 49.5 Å². The molecule has 0 spiro atoms. The second kappa shape index (κ2) is 7.60. The van der Waals surface area contributed by atoms with Crippen molar-refractivity contribution in [3.63, 3.8) is 0 Å². The number of ether oxygens (including phenoxy) is 1. The van der Waals surface area contributed by atoms with Gasteiger partial charge in [-0.3, -0.25) is 9.48 Å². The number of nitrogen functional groups attached to an aromatic ring is 1. The highest BCUT2D eigenvalue weighted by molar-refractivity contribution is 6.01. The van der Waals surface area contributed by atoms with Crippen molar-refractivity contribution in [2.45, 2.75) is 19.0 Å². The zero-order valence-corrected chi connectivity index (χ0v) is 16.2. The monoisotopic (exact) mass is 403 g/mol. The van der Waals surface area contributed by atoms with Crippen LogP contribution >= 0.6 is 0 Å². The summed E-state index contributed by atoms with van der Waals surface area (Å²) >= 11 is 0. The first-order valence-corrected chi connectivity index (χ1v) is 9.77. The van der Waals surface area contributed by atoms with E-state index in [9.17, 15) is 4.79 Å². The highest BCUT2D eigenvalue weighted by Crippen LogP contribution is 2.23. The van der Waals surface area contributed by atoms with Gasteiger partial charge in [-0.1, -0.05) is 30.3 Å². The molecule has 1 saturated heterocycles. The molecular weight excluding hydrogens is 382 g/mol. The normalized spacial score (nSPS) is 16.2. The number of amides is 1. The second-order valence-corrected chi connectivity index (χ2v) is 7.33. The molecule has 4 aromatic rings. The first-order valence-electron chi connectivity index (χ1n) is 9.77. The van der Waals surface area contributed by atoms with Gasteiger partial charge in [0.25, 0.3) is 5.91 Å². The van der Waals surface area contributed by atoms with Gasteiger partial charge in [0.15, 0.2) is 5.65 Å². The van der Waals surface area contributed by atoms with Crippen LogP contribution in [0.1, 0.15) is 22.3 Å². The number of pyridine rings is 1. The van der Waals surface area contributed by atoms with Crippen molar-refractivity contribution in [2.75, 3.05) is 18.9 Å². The number of hydrogen-bond donors (Lipinski definition) is 2. The Hall–Kier alpha value is -3.72. The van der Waals surface area contributed by atoms with Crippen molar-refractivity contribution in [3.8, 4) is 11.1 Å². The van der Waals surface area contributed by atoms with Crippen LogP contribution in [0.25, 0.3) is 16.8 Å². The van der Waals surface area contributed by atoms with Gasteiger partial charge in [-0.05, 0) is 18.1 Å². The third-order valence-corrected chi connectivity index (χ3v) is 5.11. The minimum Gasteiger partial charge on any atom is -0.379 e. The summed E-state index contributed by atoms with van der Waals surface area (Å²) in [5.41, 5.74) is 9.47. The topological polar surface area (TPSA) is 112 Å². The molecule has 3 N–H and O–H groups in total. The number of rotatable bonds is 5. The van der Waals surface area contributed by atoms with Gasteiger partial charge in [0, 0.05) is 30.1 Å². The van der Waals surface area contributed by atoms with Crippen LogP contribution in [0.5, 0.6) is 0 Å². The molecule has 9 heteroatoms. The Morgan fingerprint density at radius 1 is 1.23 bits per heavy atom.